The first-order chi connectivity index (χ1) is 8.22. The van der Waals surface area contributed by atoms with Crippen LogP contribution in [-0.4, -0.2) is 40.9 Å². The standard InChI is InChI=1S/C12H14N4O/c1-16(7-6-13)12(17)11-8-14-9-4-2-3-5-10(9)15-11/h2-5,8H,6-7,13H2,1H3. The molecule has 0 unspecified atom stereocenters. The van der Waals surface area contributed by atoms with Gasteiger partial charge in [-0.15, -0.1) is 0 Å². The van der Waals surface area contributed by atoms with Crippen LogP contribution in [0.1, 0.15) is 10.5 Å². The number of aromatic nitrogens is 2. The van der Waals surface area contributed by atoms with Crippen LogP contribution in [0.15, 0.2) is 30.5 Å². The molecule has 0 fully saturated rings. The maximum Gasteiger partial charge on any atom is 0.273 e. The Morgan fingerprint density at radius 2 is 2.06 bits per heavy atom. The molecule has 0 atom stereocenters. The van der Waals surface area contributed by atoms with Gasteiger partial charge in [-0.3, -0.25) is 9.78 Å². The Hall–Kier alpha value is -2.01. The van der Waals surface area contributed by atoms with Crippen LogP contribution in [0.2, 0.25) is 0 Å². The third-order valence-electron chi connectivity index (χ3n) is 2.48. The summed E-state index contributed by atoms with van der Waals surface area (Å²) in [7, 11) is 1.70. The molecule has 0 aliphatic carbocycles. The van der Waals surface area contributed by atoms with Crippen LogP contribution in [0.25, 0.3) is 11.0 Å². The number of hydrogen-bond acceptors (Lipinski definition) is 4. The monoisotopic (exact) mass is 230 g/mol. The number of likely N-dealkylation sites (N-methyl/N-ethyl adjacent to an activating group) is 1. The molecule has 2 aromatic rings. The predicted octanol–water partition coefficient (Wildman–Crippen LogP) is 0.660. The molecule has 0 spiro atoms. The molecular formula is C12H14N4O. The van der Waals surface area contributed by atoms with E-state index in [0.717, 1.165) is 11.0 Å². The van der Waals surface area contributed by atoms with E-state index in [0.29, 0.717) is 18.8 Å². The molecule has 1 heterocycles. The van der Waals surface area contributed by atoms with E-state index < -0.39 is 0 Å². The van der Waals surface area contributed by atoms with E-state index in [1.54, 1.807) is 11.9 Å². The highest BCUT2D eigenvalue weighted by Gasteiger charge is 2.13. The number of fused-ring (bicyclic) bond motifs is 1. The molecule has 0 aliphatic rings. The molecule has 17 heavy (non-hydrogen) atoms. The summed E-state index contributed by atoms with van der Waals surface area (Å²) in [4.78, 5) is 22.0. The van der Waals surface area contributed by atoms with Crippen molar-refractivity contribution in [1.82, 2.24) is 14.9 Å². The van der Waals surface area contributed by atoms with Gasteiger partial charge in [-0.25, -0.2) is 4.98 Å². The molecule has 5 nitrogen and oxygen atoms in total. The van der Waals surface area contributed by atoms with Crippen molar-refractivity contribution in [3.8, 4) is 0 Å². The average Bonchev–Trinajstić information content (AvgIpc) is 2.37. The van der Waals surface area contributed by atoms with E-state index in [4.69, 9.17) is 5.73 Å². The molecule has 1 aromatic heterocycles. The molecule has 0 saturated heterocycles. The van der Waals surface area contributed by atoms with E-state index in [-0.39, 0.29) is 5.91 Å². The van der Waals surface area contributed by atoms with Crippen LogP contribution in [0.5, 0.6) is 0 Å². The Bertz CT molecular complexity index is 541. The lowest BCUT2D eigenvalue weighted by Gasteiger charge is -2.15. The molecule has 0 saturated carbocycles. The predicted molar refractivity (Wildman–Crippen MR) is 65.6 cm³/mol. The topological polar surface area (TPSA) is 72.1 Å². The van der Waals surface area contributed by atoms with Gasteiger partial charge in [-0.05, 0) is 12.1 Å². The lowest BCUT2D eigenvalue weighted by Crippen LogP contribution is -2.32. The summed E-state index contributed by atoms with van der Waals surface area (Å²) in [6.07, 6.45) is 1.50. The van der Waals surface area contributed by atoms with Crippen molar-refractivity contribution in [2.45, 2.75) is 0 Å². The lowest BCUT2D eigenvalue weighted by atomic mass is 10.3. The number of rotatable bonds is 3. The smallest absolute Gasteiger partial charge is 0.273 e. The third-order valence-corrected chi connectivity index (χ3v) is 2.48. The molecular weight excluding hydrogens is 216 g/mol. The fourth-order valence-electron chi connectivity index (χ4n) is 1.55. The summed E-state index contributed by atoms with van der Waals surface area (Å²) < 4.78 is 0. The molecule has 2 rings (SSSR count). The van der Waals surface area contributed by atoms with Crippen molar-refractivity contribution in [1.29, 1.82) is 0 Å². The zero-order valence-electron chi connectivity index (χ0n) is 9.63. The van der Waals surface area contributed by atoms with Crippen molar-refractivity contribution < 1.29 is 4.79 Å². The Morgan fingerprint density at radius 1 is 1.35 bits per heavy atom. The number of hydrogen-bond donors (Lipinski definition) is 1. The zero-order chi connectivity index (χ0) is 12.3. The van der Waals surface area contributed by atoms with E-state index in [1.807, 2.05) is 24.3 Å². The molecule has 1 amide bonds. The largest absolute Gasteiger partial charge is 0.339 e. The maximum atomic E-state index is 11.9. The Kier molecular flexibility index (Phi) is 3.30. The Balaban J connectivity index is 2.33. The molecule has 2 N–H and O–H groups in total. The van der Waals surface area contributed by atoms with E-state index in [9.17, 15) is 4.79 Å². The number of nitrogens with two attached hydrogens (primary N) is 1. The van der Waals surface area contributed by atoms with Gasteiger partial charge in [-0.1, -0.05) is 12.1 Å². The van der Waals surface area contributed by atoms with Gasteiger partial charge in [-0.2, -0.15) is 0 Å². The fourth-order valence-corrected chi connectivity index (χ4v) is 1.55. The molecule has 0 aliphatic heterocycles. The van der Waals surface area contributed by atoms with E-state index >= 15 is 0 Å². The van der Waals surface area contributed by atoms with Crippen molar-refractivity contribution in [2.75, 3.05) is 20.1 Å². The van der Waals surface area contributed by atoms with Crippen molar-refractivity contribution in [3.63, 3.8) is 0 Å². The first-order valence-corrected chi connectivity index (χ1v) is 5.39. The summed E-state index contributed by atoms with van der Waals surface area (Å²) in [6, 6.07) is 7.45. The maximum absolute atomic E-state index is 11.9. The van der Waals surface area contributed by atoms with Gasteiger partial charge in [0.1, 0.15) is 5.69 Å². The number of carbonyl (C=O) groups is 1. The molecule has 1 aromatic carbocycles. The van der Waals surface area contributed by atoms with Crippen LogP contribution >= 0.6 is 0 Å². The normalized spacial score (nSPS) is 10.5. The van der Waals surface area contributed by atoms with Gasteiger partial charge < -0.3 is 10.6 Å². The molecule has 88 valence electrons. The zero-order valence-corrected chi connectivity index (χ0v) is 9.63. The summed E-state index contributed by atoms with van der Waals surface area (Å²) in [6.45, 7) is 0.941. The molecule has 0 bridgehead atoms. The van der Waals surface area contributed by atoms with Crippen molar-refractivity contribution >= 4 is 16.9 Å². The fraction of sp³-hybridized carbons (Fsp3) is 0.250. The average molecular weight is 230 g/mol. The number of benzene rings is 1. The van der Waals surface area contributed by atoms with Gasteiger partial charge in [0.15, 0.2) is 0 Å². The summed E-state index contributed by atoms with van der Waals surface area (Å²) in [5.41, 5.74) is 7.26. The second kappa shape index (κ2) is 4.88. The van der Waals surface area contributed by atoms with Crippen molar-refractivity contribution in [2.24, 2.45) is 5.73 Å². The summed E-state index contributed by atoms with van der Waals surface area (Å²) >= 11 is 0. The van der Waals surface area contributed by atoms with Crippen LogP contribution in [0.4, 0.5) is 0 Å². The minimum Gasteiger partial charge on any atom is -0.339 e. The number of amides is 1. The SMILES string of the molecule is CN(CCN)C(=O)c1cnc2ccccc2n1. The Labute approximate surface area is 99.3 Å². The third kappa shape index (κ3) is 2.39. The second-order valence-electron chi connectivity index (χ2n) is 3.76. The minimum absolute atomic E-state index is 0.159. The molecule has 5 heteroatoms. The lowest BCUT2D eigenvalue weighted by molar-refractivity contribution is 0.0793. The van der Waals surface area contributed by atoms with E-state index in [1.165, 1.54) is 6.20 Å². The van der Waals surface area contributed by atoms with Crippen LogP contribution < -0.4 is 5.73 Å². The first kappa shape index (κ1) is 11.5. The minimum atomic E-state index is -0.159. The summed E-state index contributed by atoms with van der Waals surface area (Å²) in [5.74, 6) is -0.159. The van der Waals surface area contributed by atoms with Crippen molar-refractivity contribution in [3.05, 3.63) is 36.2 Å². The van der Waals surface area contributed by atoms with Gasteiger partial charge >= 0.3 is 0 Å². The molecule has 0 radical (unpaired) electrons. The van der Waals surface area contributed by atoms with Crippen LogP contribution in [0.3, 0.4) is 0 Å². The van der Waals surface area contributed by atoms with E-state index in [2.05, 4.69) is 9.97 Å². The van der Waals surface area contributed by atoms with Gasteiger partial charge in [0.25, 0.3) is 5.91 Å². The quantitative estimate of drug-likeness (QED) is 0.840. The van der Waals surface area contributed by atoms with Crippen LogP contribution in [-0.2, 0) is 0 Å². The highest BCUT2D eigenvalue weighted by Crippen LogP contribution is 2.09. The first-order valence-electron chi connectivity index (χ1n) is 5.39. The highest BCUT2D eigenvalue weighted by atomic mass is 16.2. The second-order valence-corrected chi connectivity index (χ2v) is 3.76. The van der Waals surface area contributed by atoms with Crippen LogP contribution in [0, 0.1) is 0 Å². The highest BCUT2D eigenvalue weighted by molar-refractivity contribution is 5.93. The number of para-hydroxylation sites is 2. The number of nitrogens with zero attached hydrogens (tertiary/aromatic N) is 3. The summed E-state index contributed by atoms with van der Waals surface area (Å²) in [5, 5.41) is 0. The number of carbonyl (C=O) groups excluding carboxylic acids is 1. The Morgan fingerprint density at radius 3 is 2.76 bits per heavy atom. The van der Waals surface area contributed by atoms with Gasteiger partial charge in [0.2, 0.25) is 0 Å². The van der Waals surface area contributed by atoms with Gasteiger partial charge in [0, 0.05) is 20.1 Å². The van der Waals surface area contributed by atoms with Gasteiger partial charge in [0.05, 0.1) is 17.2 Å².